The summed E-state index contributed by atoms with van der Waals surface area (Å²) in [6.07, 6.45) is 5.16. The van der Waals surface area contributed by atoms with E-state index in [1.54, 1.807) is 6.20 Å². The van der Waals surface area contributed by atoms with Crippen molar-refractivity contribution in [2.24, 2.45) is 5.92 Å². The summed E-state index contributed by atoms with van der Waals surface area (Å²) in [7, 11) is 0. The molecule has 81 valence electrons. The Kier molecular flexibility index (Phi) is 3.04. The lowest BCUT2D eigenvalue weighted by Gasteiger charge is -2.32. The Bertz CT molecular complexity index is 318. The molecule has 0 unspecified atom stereocenters. The smallest absolute Gasteiger partial charge is 0.221 e. The summed E-state index contributed by atoms with van der Waals surface area (Å²) in [5.74, 6) is 2.08. The van der Waals surface area contributed by atoms with Crippen LogP contribution in [0.3, 0.4) is 0 Å². The maximum absolute atomic E-state index is 5.56. The second-order valence-electron chi connectivity index (χ2n) is 3.99. The summed E-state index contributed by atoms with van der Waals surface area (Å²) < 4.78 is 0. The van der Waals surface area contributed by atoms with E-state index >= 15 is 0 Å². The largest absolute Gasteiger partial charge is 0.368 e. The third kappa shape index (κ3) is 2.37. The van der Waals surface area contributed by atoms with E-state index in [0.717, 1.165) is 31.2 Å². The number of piperidine rings is 1. The SMILES string of the molecule is [CH2]CC1CCN(c2ccnc(N)n2)CC1. The normalized spacial score (nSPS) is 18.1. The van der Waals surface area contributed by atoms with Crippen molar-refractivity contribution in [3.63, 3.8) is 0 Å². The molecule has 1 aliphatic rings. The Labute approximate surface area is 90.5 Å². The molecule has 0 atom stereocenters. The van der Waals surface area contributed by atoms with Gasteiger partial charge >= 0.3 is 0 Å². The molecule has 0 spiro atoms. The van der Waals surface area contributed by atoms with Crippen molar-refractivity contribution < 1.29 is 0 Å². The minimum atomic E-state index is 0.354. The number of hydrogen-bond acceptors (Lipinski definition) is 4. The van der Waals surface area contributed by atoms with Gasteiger partial charge in [0.15, 0.2) is 0 Å². The number of anilines is 2. The summed E-state index contributed by atoms with van der Waals surface area (Å²) in [5, 5.41) is 0. The van der Waals surface area contributed by atoms with Crippen LogP contribution in [-0.2, 0) is 0 Å². The predicted molar refractivity (Wildman–Crippen MR) is 61.4 cm³/mol. The number of hydrogen-bond donors (Lipinski definition) is 1. The van der Waals surface area contributed by atoms with Crippen molar-refractivity contribution in [1.82, 2.24) is 9.97 Å². The highest BCUT2D eigenvalue weighted by molar-refractivity contribution is 5.41. The average molecular weight is 205 g/mol. The van der Waals surface area contributed by atoms with E-state index in [9.17, 15) is 0 Å². The van der Waals surface area contributed by atoms with Crippen molar-refractivity contribution in [2.75, 3.05) is 23.7 Å². The van der Waals surface area contributed by atoms with Crippen LogP contribution in [0.4, 0.5) is 11.8 Å². The molecule has 0 bridgehead atoms. The molecule has 4 nitrogen and oxygen atoms in total. The number of nitrogens with two attached hydrogens (primary N) is 1. The van der Waals surface area contributed by atoms with Gasteiger partial charge in [-0.25, -0.2) is 4.98 Å². The summed E-state index contributed by atoms with van der Waals surface area (Å²) >= 11 is 0. The molecule has 1 fully saturated rings. The first-order valence-electron chi connectivity index (χ1n) is 5.42. The molecule has 2 N–H and O–H groups in total. The Balaban J connectivity index is 2.01. The molecule has 1 aliphatic heterocycles. The highest BCUT2D eigenvalue weighted by Gasteiger charge is 2.18. The van der Waals surface area contributed by atoms with E-state index in [2.05, 4.69) is 21.8 Å². The van der Waals surface area contributed by atoms with Crippen LogP contribution in [0.1, 0.15) is 19.3 Å². The van der Waals surface area contributed by atoms with Gasteiger partial charge in [0.2, 0.25) is 5.95 Å². The van der Waals surface area contributed by atoms with Gasteiger partial charge in [-0.2, -0.15) is 4.98 Å². The van der Waals surface area contributed by atoms with Crippen molar-refractivity contribution in [2.45, 2.75) is 19.3 Å². The van der Waals surface area contributed by atoms with Gasteiger partial charge in [-0.3, -0.25) is 0 Å². The molecule has 2 rings (SSSR count). The molecule has 4 heteroatoms. The van der Waals surface area contributed by atoms with Gasteiger partial charge in [0.05, 0.1) is 0 Å². The topological polar surface area (TPSA) is 55.0 Å². The minimum absolute atomic E-state index is 0.354. The van der Waals surface area contributed by atoms with Crippen LogP contribution in [0.5, 0.6) is 0 Å². The van der Waals surface area contributed by atoms with Crippen LogP contribution >= 0.6 is 0 Å². The minimum Gasteiger partial charge on any atom is -0.368 e. The highest BCUT2D eigenvalue weighted by atomic mass is 15.2. The number of rotatable bonds is 2. The average Bonchev–Trinajstić information content (AvgIpc) is 2.29. The van der Waals surface area contributed by atoms with E-state index in [4.69, 9.17) is 5.73 Å². The van der Waals surface area contributed by atoms with Gasteiger partial charge in [0, 0.05) is 19.3 Å². The van der Waals surface area contributed by atoms with Gasteiger partial charge in [0.1, 0.15) is 5.82 Å². The van der Waals surface area contributed by atoms with Gasteiger partial charge in [0.25, 0.3) is 0 Å². The first kappa shape index (κ1) is 10.2. The number of nitrogens with zero attached hydrogens (tertiary/aromatic N) is 3. The summed E-state index contributed by atoms with van der Waals surface area (Å²) in [5.41, 5.74) is 5.56. The highest BCUT2D eigenvalue weighted by Crippen LogP contribution is 2.23. The maximum atomic E-state index is 5.56. The van der Waals surface area contributed by atoms with Gasteiger partial charge in [-0.15, -0.1) is 0 Å². The maximum Gasteiger partial charge on any atom is 0.221 e. The number of nitrogen functional groups attached to an aromatic ring is 1. The van der Waals surface area contributed by atoms with Crippen LogP contribution < -0.4 is 10.6 Å². The molecular weight excluding hydrogens is 188 g/mol. The molecule has 1 aromatic heterocycles. The molecule has 0 amide bonds. The molecule has 2 heterocycles. The molecule has 15 heavy (non-hydrogen) atoms. The first-order valence-corrected chi connectivity index (χ1v) is 5.42. The fourth-order valence-electron chi connectivity index (χ4n) is 1.99. The van der Waals surface area contributed by atoms with Crippen LogP contribution in [0.25, 0.3) is 0 Å². The Morgan fingerprint density at radius 1 is 1.47 bits per heavy atom. The standard InChI is InChI=1S/C11H17N4/c1-2-9-4-7-15(8-5-9)10-3-6-13-11(12)14-10/h3,6,9H,1-2,4-5,7-8H2,(H2,12,13,14). The number of aromatic nitrogens is 2. The monoisotopic (exact) mass is 205 g/mol. The zero-order valence-electron chi connectivity index (χ0n) is 8.89. The summed E-state index contributed by atoms with van der Waals surface area (Å²) in [6, 6.07) is 1.92. The van der Waals surface area contributed by atoms with Crippen molar-refractivity contribution in [1.29, 1.82) is 0 Å². The van der Waals surface area contributed by atoms with Gasteiger partial charge in [-0.1, -0.05) is 13.3 Å². The van der Waals surface area contributed by atoms with Crippen LogP contribution in [-0.4, -0.2) is 23.1 Å². The Hall–Kier alpha value is -1.32. The van der Waals surface area contributed by atoms with Crippen molar-refractivity contribution in [3.8, 4) is 0 Å². The molecule has 1 saturated heterocycles. The lowest BCUT2D eigenvalue weighted by atomic mass is 9.94. The van der Waals surface area contributed by atoms with E-state index < -0.39 is 0 Å². The van der Waals surface area contributed by atoms with Gasteiger partial charge < -0.3 is 10.6 Å². The van der Waals surface area contributed by atoms with Crippen molar-refractivity contribution in [3.05, 3.63) is 19.2 Å². The lowest BCUT2D eigenvalue weighted by molar-refractivity contribution is 0.407. The Morgan fingerprint density at radius 2 is 2.20 bits per heavy atom. The Morgan fingerprint density at radius 3 is 2.80 bits per heavy atom. The van der Waals surface area contributed by atoms with Gasteiger partial charge in [-0.05, 0) is 24.8 Å². The second kappa shape index (κ2) is 4.47. The van der Waals surface area contributed by atoms with E-state index in [-0.39, 0.29) is 0 Å². The fourth-order valence-corrected chi connectivity index (χ4v) is 1.99. The zero-order valence-corrected chi connectivity index (χ0v) is 8.89. The molecule has 0 saturated carbocycles. The lowest BCUT2D eigenvalue weighted by Crippen LogP contribution is -2.34. The van der Waals surface area contributed by atoms with Crippen LogP contribution in [0.2, 0.25) is 0 Å². The van der Waals surface area contributed by atoms with Crippen LogP contribution in [0.15, 0.2) is 12.3 Å². The molecule has 1 radical (unpaired) electrons. The summed E-state index contributed by atoms with van der Waals surface area (Å²) in [6.45, 7) is 6.06. The molecule has 0 aromatic carbocycles. The third-order valence-electron chi connectivity index (χ3n) is 3.01. The quantitative estimate of drug-likeness (QED) is 0.795. The molecule has 0 aliphatic carbocycles. The zero-order chi connectivity index (χ0) is 10.7. The molecule has 1 aromatic rings. The van der Waals surface area contributed by atoms with E-state index in [1.165, 1.54) is 12.8 Å². The third-order valence-corrected chi connectivity index (χ3v) is 3.01. The summed E-state index contributed by atoms with van der Waals surface area (Å²) in [4.78, 5) is 10.4. The second-order valence-corrected chi connectivity index (χ2v) is 3.99. The first-order chi connectivity index (χ1) is 7.29. The predicted octanol–water partition coefficient (Wildman–Crippen LogP) is 1.50. The van der Waals surface area contributed by atoms with Crippen LogP contribution in [0, 0.1) is 12.8 Å². The van der Waals surface area contributed by atoms with Crippen molar-refractivity contribution >= 4 is 11.8 Å². The van der Waals surface area contributed by atoms with E-state index in [1.807, 2.05) is 6.07 Å². The molecular formula is C11H17N4. The fraction of sp³-hybridized carbons (Fsp3) is 0.545. The van der Waals surface area contributed by atoms with E-state index in [0.29, 0.717) is 5.95 Å².